The average Bonchev–Trinajstić information content (AvgIpc) is 2.87. The number of unbranched alkanes of at least 4 members (excludes halogenated alkanes) is 20. The van der Waals surface area contributed by atoms with Gasteiger partial charge in [0.25, 0.3) is 0 Å². The second-order valence-corrected chi connectivity index (χ2v) is 23.5. The molecule has 0 saturated heterocycles. The Morgan fingerprint density at radius 3 is 1.32 bits per heavy atom. The maximum atomic E-state index is 6.46. The minimum Gasteiger partial charge on any atom is -0.494 e. The molecule has 1 aromatic heterocycles. The van der Waals surface area contributed by atoms with Crippen LogP contribution in [0.3, 0.4) is 0 Å². The van der Waals surface area contributed by atoms with E-state index in [1.54, 1.807) is 0 Å². The number of hydrogen-bond donors (Lipinski definition) is 2. The van der Waals surface area contributed by atoms with E-state index in [1.807, 2.05) is 0 Å². The smallest absolute Gasteiger partial charge is 0.119 e. The lowest BCUT2D eigenvalue weighted by molar-refractivity contribution is 0.304. The molecule has 4 aliphatic rings. The van der Waals surface area contributed by atoms with Gasteiger partial charge in [-0.05, 0) is 145 Å². The molecule has 1 atom stereocenters. The highest BCUT2D eigenvalue weighted by Gasteiger charge is 2.43. The Morgan fingerprint density at radius 2 is 0.833 bits per heavy atom. The Kier molecular flexibility index (Phi) is 24.1. The zero-order valence-electron chi connectivity index (χ0n) is 51.4. The molecule has 444 valence electrons. The summed E-state index contributed by atoms with van der Waals surface area (Å²) in [5.41, 5.74) is 11.1. The van der Waals surface area contributed by atoms with Crippen LogP contribution in [0, 0.1) is 0 Å². The van der Waals surface area contributed by atoms with Crippen LogP contribution in [0.2, 0.25) is 0 Å². The number of benzene rings is 4. The number of fused-ring (bicyclic) bond motifs is 6. The lowest BCUT2D eigenvalue weighted by Gasteiger charge is -2.36. The van der Waals surface area contributed by atoms with Crippen molar-refractivity contribution in [1.29, 1.82) is 0 Å². The van der Waals surface area contributed by atoms with E-state index in [1.165, 1.54) is 128 Å². The van der Waals surface area contributed by atoms with Gasteiger partial charge in [-0.15, -0.1) is 0 Å². The van der Waals surface area contributed by atoms with Crippen LogP contribution < -0.4 is 35.0 Å². The summed E-state index contributed by atoms with van der Waals surface area (Å²) in [6, 6.07) is 39.1. The van der Waals surface area contributed by atoms with Gasteiger partial charge in [-0.25, -0.2) is 9.98 Å². The van der Waals surface area contributed by atoms with Crippen molar-refractivity contribution in [2.45, 2.75) is 194 Å². The molecule has 8 nitrogen and oxygen atoms in total. The van der Waals surface area contributed by atoms with Crippen molar-refractivity contribution in [1.82, 2.24) is 10.3 Å². The molecule has 1 unspecified atom stereocenters. The van der Waals surface area contributed by atoms with Gasteiger partial charge in [-0.1, -0.05) is 211 Å². The summed E-state index contributed by atoms with van der Waals surface area (Å²) in [6.07, 6.45) is 43.3. The summed E-state index contributed by atoms with van der Waals surface area (Å²) in [6.45, 7) is 11.9. The van der Waals surface area contributed by atoms with Crippen molar-refractivity contribution in [3.05, 3.63) is 190 Å². The summed E-state index contributed by atoms with van der Waals surface area (Å²) in [5, 5.41) is 6.23. The molecule has 0 spiro atoms. The summed E-state index contributed by atoms with van der Waals surface area (Å²) >= 11 is 0. The SMILES string of the molecule is CCCCCCCCOc1ccc(C2=C3C=CC(=N3)C=c3ccc([nH]3)=C(c3ccc(OCCCCCCCC)cc3)C3=NC(=C(c4ccc(OCCCCCCCC)cc4)C4(c5ccc(OCCCCCCCC)cc5)CC=C2N4)C=C3)cc1. The van der Waals surface area contributed by atoms with E-state index < -0.39 is 5.54 Å². The predicted molar refractivity (Wildman–Crippen MR) is 353 cm³/mol. The number of ether oxygens (including phenoxy) is 4. The van der Waals surface area contributed by atoms with Crippen molar-refractivity contribution in [2.24, 2.45) is 9.98 Å². The fourth-order valence-corrected chi connectivity index (χ4v) is 12.1. The standard InChI is InChI=1S/C76H96N4O4/c1-5-9-13-17-21-25-53-81-64-39-29-58(30-40-64)73-68-47-37-62(77-68)57-63-38-48-69(78-63)74(59-31-41-65(42-32-59)82-54-26-22-18-14-10-6-2)71-51-52-76(80-71,61-35-45-67(46-36-61)84-56-28-24-20-16-12-8-4)75(72-50-49-70(73)79-72)60-33-43-66(44-34-60)83-55-27-23-19-15-11-7-3/h29-51,57,77,80H,5-28,52-56H2,1-4H3. The van der Waals surface area contributed by atoms with Crippen LogP contribution in [0.1, 0.15) is 210 Å². The number of aromatic nitrogens is 1. The first-order valence-electron chi connectivity index (χ1n) is 32.8. The van der Waals surface area contributed by atoms with Gasteiger partial charge in [0.1, 0.15) is 23.0 Å². The van der Waals surface area contributed by atoms with Crippen LogP contribution in [0.25, 0.3) is 22.8 Å². The number of rotatable bonds is 36. The molecule has 8 bridgehead atoms. The third-order valence-corrected chi connectivity index (χ3v) is 16.9. The molecule has 0 aliphatic carbocycles. The highest BCUT2D eigenvalue weighted by atomic mass is 16.5. The lowest BCUT2D eigenvalue weighted by Crippen LogP contribution is -2.39. The van der Waals surface area contributed by atoms with E-state index in [0.717, 1.165) is 133 Å². The summed E-state index contributed by atoms with van der Waals surface area (Å²) in [5.74, 6) is 3.52. The second kappa shape index (κ2) is 32.9. The van der Waals surface area contributed by atoms with Crippen LogP contribution in [0.4, 0.5) is 0 Å². The van der Waals surface area contributed by atoms with Crippen molar-refractivity contribution >= 4 is 34.2 Å². The Hall–Kier alpha value is -7.06. The van der Waals surface area contributed by atoms with Gasteiger partial charge in [0, 0.05) is 33.1 Å². The van der Waals surface area contributed by atoms with E-state index in [-0.39, 0.29) is 0 Å². The van der Waals surface area contributed by atoms with Crippen molar-refractivity contribution in [3.63, 3.8) is 0 Å². The zero-order chi connectivity index (χ0) is 58.0. The highest BCUT2D eigenvalue weighted by molar-refractivity contribution is 6.30. The molecule has 2 N–H and O–H groups in total. The lowest BCUT2D eigenvalue weighted by atomic mass is 9.77. The molecule has 4 aromatic carbocycles. The predicted octanol–water partition coefficient (Wildman–Crippen LogP) is 18.6. The number of aromatic amines is 1. The van der Waals surface area contributed by atoms with E-state index >= 15 is 0 Å². The minimum atomic E-state index is -0.786. The topological polar surface area (TPSA) is 89.5 Å². The zero-order valence-corrected chi connectivity index (χ0v) is 51.4. The molecular formula is C76H96N4O4. The summed E-state index contributed by atoms with van der Waals surface area (Å²) in [4.78, 5) is 15.0. The molecular weight excluding hydrogens is 1030 g/mol. The number of nitrogens with one attached hydrogen (secondary N) is 2. The molecule has 9 rings (SSSR count). The van der Waals surface area contributed by atoms with Gasteiger partial charge in [-0.2, -0.15) is 0 Å². The average molecular weight is 1130 g/mol. The van der Waals surface area contributed by atoms with Gasteiger partial charge >= 0.3 is 0 Å². The summed E-state index contributed by atoms with van der Waals surface area (Å²) in [7, 11) is 0. The van der Waals surface area contributed by atoms with Gasteiger partial charge < -0.3 is 29.2 Å². The van der Waals surface area contributed by atoms with Crippen molar-refractivity contribution in [3.8, 4) is 23.0 Å². The molecule has 4 aliphatic heterocycles. The van der Waals surface area contributed by atoms with Gasteiger partial charge in [0.2, 0.25) is 0 Å². The third-order valence-electron chi connectivity index (χ3n) is 16.9. The Labute approximate surface area is 503 Å². The Morgan fingerprint density at radius 1 is 0.405 bits per heavy atom. The van der Waals surface area contributed by atoms with Crippen molar-refractivity contribution < 1.29 is 18.9 Å². The molecule has 5 heterocycles. The second-order valence-electron chi connectivity index (χ2n) is 23.5. The summed E-state index contributed by atoms with van der Waals surface area (Å²) < 4.78 is 25.6. The van der Waals surface area contributed by atoms with Crippen molar-refractivity contribution in [2.75, 3.05) is 26.4 Å². The van der Waals surface area contributed by atoms with Gasteiger partial charge in [0.05, 0.1) is 54.8 Å². The van der Waals surface area contributed by atoms with Gasteiger partial charge in [0.15, 0.2) is 0 Å². The minimum absolute atomic E-state index is 0.646. The monoisotopic (exact) mass is 1130 g/mol. The fourth-order valence-electron chi connectivity index (χ4n) is 12.1. The van der Waals surface area contributed by atoms with Crippen LogP contribution in [0.15, 0.2) is 167 Å². The third kappa shape index (κ3) is 17.1. The number of allylic oxidation sites excluding steroid dienone is 5. The molecule has 8 heteroatoms. The van der Waals surface area contributed by atoms with Crippen LogP contribution in [0.5, 0.6) is 23.0 Å². The first-order valence-corrected chi connectivity index (χ1v) is 32.8. The molecule has 5 aromatic rings. The molecule has 0 saturated carbocycles. The number of nitrogens with zero attached hydrogens (tertiary/aromatic N) is 2. The highest BCUT2D eigenvalue weighted by Crippen LogP contribution is 2.49. The Balaban J connectivity index is 1.14. The van der Waals surface area contributed by atoms with E-state index in [4.69, 9.17) is 28.9 Å². The van der Waals surface area contributed by atoms with Crippen LogP contribution in [-0.2, 0) is 5.54 Å². The quantitative estimate of drug-likeness (QED) is 0.0390. The molecule has 0 radical (unpaired) electrons. The molecule has 0 fully saturated rings. The van der Waals surface area contributed by atoms with E-state index in [9.17, 15) is 0 Å². The normalized spacial score (nSPS) is 16.2. The first kappa shape index (κ1) is 61.5. The van der Waals surface area contributed by atoms with E-state index in [0.29, 0.717) is 26.2 Å². The number of hydrogen-bond acceptors (Lipinski definition) is 7. The number of aliphatic imine (C=N–C) groups is 2. The largest absolute Gasteiger partial charge is 0.494 e. The Bertz CT molecular complexity index is 3210. The van der Waals surface area contributed by atoms with Gasteiger partial charge in [-0.3, -0.25) is 0 Å². The van der Waals surface area contributed by atoms with Crippen LogP contribution in [-0.4, -0.2) is 42.8 Å². The fraction of sp³-hybridized carbons (Fsp3) is 0.447. The van der Waals surface area contributed by atoms with Crippen LogP contribution >= 0.6 is 0 Å². The van der Waals surface area contributed by atoms with E-state index in [2.05, 4.69) is 184 Å². The number of H-pyrrole nitrogens is 1. The first-order chi connectivity index (χ1) is 41.5. The molecule has 0 amide bonds. The maximum absolute atomic E-state index is 6.46. The molecule has 84 heavy (non-hydrogen) atoms. The maximum Gasteiger partial charge on any atom is 0.119 e.